The fourth-order valence-corrected chi connectivity index (χ4v) is 2.06. The van der Waals surface area contributed by atoms with Gasteiger partial charge in [0.25, 0.3) is 0 Å². The molecule has 1 atom stereocenters. The minimum absolute atomic E-state index is 0.337. The number of halogens is 2. The zero-order chi connectivity index (χ0) is 11.9. The minimum atomic E-state index is -0.635. The van der Waals surface area contributed by atoms with Gasteiger partial charge in [0.15, 0.2) is 0 Å². The zero-order valence-corrected chi connectivity index (χ0v) is 10.5. The lowest BCUT2D eigenvalue weighted by molar-refractivity contribution is 0.199. The van der Waals surface area contributed by atoms with Crippen molar-refractivity contribution in [3.05, 3.63) is 39.5 Å². The molecule has 16 heavy (non-hydrogen) atoms. The van der Waals surface area contributed by atoms with E-state index in [1.807, 2.05) is 25.1 Å². The second-order valence-corrected chi connectivity index (χ2v) is 4.60. The number of hydrogen-bond acceptors (Lipinski definition) is 2. The number of aliphatic hydroxyl groups excluding tert-OH is 1. The summed E-state index contributed by atoms with van der Waals surface area (Å²) >= 11 is 12.0. The number of fused-ring (bicyclic) bond motifs is 1. The van der Waals surface area contributed by atoms with E-state index in [2.05, 4.69) is 4.98 Å². The molecule has 0 aliphatic rings. The molecule has 1 aromatic carbocycles. The summed E-state index contributed by atoms with van der Waals surface area (Å²) < 4.78 is 0. The third-order valence-electron chi connectivity index (χ3n) is 2.53. The van der Waals surface area contributed by atoms with Crippen LogP contribution in [0.3, 0.4) is 0 Å². The highest BCUT2D eigenvalue weighted by atomic mass is 35.5. The first-order valence-electron chi connectivity index (χ1n) is 4.93. The lowest BCUT2D eigenvalue weighted by Gasteiger charge is -2.09. The highest BCUT2D eigenvalue weighted by molar-refractivity contribution is 6.32. The predicted octanol–water partition coefficient (Wildman–Crippen LogP) is 3.90. The monoisotopic (exact) mass is 255 g/mol. The second-order valence-electron chi connectivity index (χ2n) is 3.84. The maximum Gasteiger partial charge on any atom is 0.135 e. The predicted molar refractivity (Wildman–Crippen MR) is 67.1 cm³/mol. The van der Waals surface area contributed by atoms with Gasteiger partial charge in [0.05, 0.1) is 11.6 Å². The number of pyridine rings is 1. The molecule has 0 spiro atoms. The molecule has 0 radical (unpaired) electrons. The van der Waals surface area contributed by atoms with E-state index < -0.39 is 6.10 Å². The minimum Gasteiger partial charge on any atom is -0.389 e. The molecule has 2 rings (SSSR count). The third kappa shape index (κ3) is 2.01. The number of aromatic nitrogens is 1. The fraction of sp³-hybridized carbons (Fsp3) is 0.250. The van der Waals surface area contributed by atoms with Crippen LogP contribution in [0.4, 0.5) is 0 Å². The van der Waals surface area contributed by atoms with Crippen LogP contribution in [0.25, 0.3) is 10.9 Å². The maximum atomic E-state index is 9.53. The molecule has 1 heterocycles. The molecule has 4 heteroatoms. The van der Waals surface area contributed by atoms with Gasteiger partial charge in [-0.2, -0.15) is 0 Å². The van der Waals surface area contributed by atoms with Crippen LogP contribution in [-0.4, -0.2) is 10.1 Å². The van der Waals surface area contributed by atoms with Crippen LogP contribution in [0, 0.1) is 6.92 Å². The van der Waals surface area contributed by atoms with Crippen molar-refractivity contribution in [3.8, 4) is 0 Å². The summed E-state index contributed by atoms with van der Waals surface area (Å²) in [5, 5.41) is 11.4. The lowest BCUT2D eigenvalue weighted by atomic mass is 10.1. The van der Waals surface area contributed by atoms with Gasteiger partial charge in [-0.05, 0) is 37.6 Å². The van der Waals surface area contributed by atoms with Gasteiger partial charge in [-0.15, -0.1) is 0 Å². The average molecular weight is 256 g/mol. The molecule has 0 bridgehead atoms. The molecule has 0 saturated carbocycles. The average Bonchev–Trinajstić information content (AvgIpc) is 2.19. The molecule has 0 fully saturated rings. The van der Waals surface area contributed by atoms with Gasteiger partial charge in [-0.3, -0.25) is 0 Å². The van der Waals surface area contributed by atoms with Crippen molar-refractivity contribution < 1.29 is 5.11 Å². The first-order valence-corrected chi connectivity index (χ1v) is 5.69. The summed E-state index contributed by atoms with van der Waals surface area (Å²) in [5.74, 6) is 0. The highest BCUT2D eigenvalue weighted by Crippen LogP contribution is 2.28. The number of hydrogen-bond donors (Lipinski definition) is 1. The number of rotatable bonds is 1. The molecule has 1 unspecified atom stereocenters. The van der Waals surface area contributed by atoms with E-state index >= 15 is 0 Å². The van der Waals surface area contributed by atoms with E-state index in [4.69, 9.17) is 23.2 Å². The molecular weight excluding hydrogens is 245 g/mol. The van der Waals surface area contributed by atoms with E-state index in [9.17, 15) is 5.11 Å². The van der Waals surface area contributed by atoms with Crippen molar-refractivity contribution in [1.29, 1.82) is 0 Å². The van der Waals surface area contributed by atoms with Crippen molar-refractivity contribution in [1.82, 2.24) is 4.98 Å². The molecule has 0 aliphatic carbocycles. The molecule has 0 saturated heterocycles. The second kappa shape index (κ2) is 4.21. The van der Waals surface area contributed by atoms with Gasteiger partial charge in [0, 0.05) is 16.0 Å². The van der Waals surface area contributed by atoms with Crippen molar-refractivity contribution in [2.45, 2.75) is 20.0 Å². The van der Waals surface area contributed by atoms with Crippen molar-refractivity contribution in [2.75, 3.05) is 0 Å². The van der Waals surface area contributed by atoms with E-state index in [0.717, 1.165) is 16.5 Å². The molecule has 2 nitrogen and oxygen atoms in total. The number of benzene rings is 1. The Bertz CT molecular complexity index is 552. The number of nitrogens with zero attached hydrogens (tertiary/aromatic N) is 1. The molecule has 84 valence electrons. The summed E-state index contributed by atoms with van der Waals surface area (Å²) in [6, 6.07) is 5.54. The molecule has 1 aromatic heterocycles. The van der Waals surface area contributed by atoms with E-state index in [1.165, 1.54) is 0 Å². The highest BCUT2D eigenvalue weighted by Gasteiger charge is 2.10. The molecule has 0 aliphatic heterocycles. The van der Waals surface area contributed by atoms with Crippen LogP contribution in [0.1, 0.15) is 24.2 Å². The quantitative estimate of drug-likeness (QED) is 0.785. The Kier molecular flexibility index (Phi) is 3.06. The normalized spacial score (nSPS) is 13.1. The Balaban J connectivity index is 2.74. The van der Waals surface area contributed by atoms with Gasteiger partial charge in [0.2, 0.25) is 0 Å². The molecule has 1 N–H and O–H groups in total. The van der Waals surface area contributed by atoms with Gasteiger partial charge in [-0.25, -0.2) is 4.98 Å². The van der Waals surface area contributed by atoms with Crippen LogP contribution < -0.4 is 0 Å². The van der Waals surface area contributed by atoms with E-state index in [-0.39, 0.29) is 0 Å². The first-order chi connectivity index (χ1) is 7.49. The molecule has 2 aromatic rings. The van der Waals surface area contributed by atoms with Crippen molar-refractivity contribution in [2.24, 2.45) is 0 Å². The van der Waals surface area contributed by atoms with Gasteiger partial charge in [-0.1, -0.05) is 23.2 Å². The SMILES string of the molecule is Cc1cc2nc(Cl)c(C(C)O)cc2cc1Cl. The maximum absolute atomic E-state index is 9.53. The van der Waals surface area contributed by atoms with Gasteiger partial charge < -0.3 is 5.11 Å². The van der Waals surface area contributed by atoms with Crippen molar-refractivity contribution in [3.63, 3.8) is 0 Å². The third-order valence-corrected chi connectivity index (χ3v) is 3.24. The van der Waals surface area contributed by atoms with Gasteiger partial charge >= 0.3 is 0 Å². The van der Waals surface area contributed by atoms with Crippen molar-refractivity contribution >= 4 is 34.1 Å². The van der Waals surface area contributed by atoms with Crippen LogP contribution in [-0.2, 0) is 0 Å². The summed E-state index contributed by atoms with van der Waals surface area (Å²) in [4.78, 5) is 4.25. The lowest BCUT2D eigenvalue weighted by Crippen LogP contribution is -1.95. The van der Waals surface area contributed by atoms with Crippen LogP contribution in [0.5, 0.6) is 0 Å². The van der Waals surface area contributed by atoms with Crippen LogP contribution in [0.2, 0.25) is 10.2 Å². The topological polar surface area (TPSA) is 33.1 Å². The first kappa shape index (κ1) is 11.6. The van der Waals surface area contributed by atoms with E-state index in [0.29, 0.717) is 15.7 Å². The fourth-order valence-electron chi connectivity index (χ4n) is 1.58. The standard InChI is InChI=1S/C12H11Cl2NO/c1-6-3-11-8(5-10(6)13)4-9(7(2)16)12(14)15-11/h3-5,7,16H,1-2H3. The van der Waals surface area contributed by atoms with Crippen LogP contribution >= 0.6 is 23.2 Å². The molecule has 0 amide bonds. The van der Waals surface area contributed by atoms with Crippen LogP contribution in [0.15, 0.2) is 18.2 Å². The smallest absolute Gasteiger partial charge is 0.135 e. The Labute approximate surface area is 104 Å². The Morgan fingerprint density at radius 3 is 2.56 bits per heavy atom. The Morgan fingerprint density at radius 1 is 1.25 bits per heavy atom. The summed E-state index contributed by atoms with van der Waals surface area (Å²) in [7, 11) is 0. The summed E-state index contributed by atoms with van der Waals surface area (Å²) in [6.07, 6.45) is -0.635. The van der Waals surface area contributed by atoms with E-state index in [1.54, 1.807) is 6.92 Å². The summed E-state index contributed by atoms with van der Waals surface area (Å²) in [5.41, 5.74) is 2.37. The largest absolute Gasteiger partial charge is 0.389 e. The number of aliphatic hydroxyl groups is 1. The zero-order valence-electron chi connectivity index (χ0n) is 8.96. The molecular formula is C12H11Cl2NO. The summed E-state index contributed by atoms with van der Waals surface area (Å²) in [6.45, 7) is 3.57. The Hall–Kier alpha value is -0.830. The van der Waals surface area contributed by atoms with Gasteiger partial charge in [0.1, 0.15) is 5.15 Å². The Morgan fingerprint density at radius 2 is 1.94 bits per heavy atom. The number of aryl methyl sites for hydroxylation is 1.